The molecule has 2 aliphatic carbocycles. The third kappa shape index (κ3) is 3.50. The number of aromatic nitrogens is 2. The van der Waals surface area contributed by atoms with Gasteiger partial charge in [0.05, 0.1) is 11.3 Å². The fourth-order valence-electron chi connectivity index (χ4n) is 4.61. The summed E-state index contributed by atoms with van der Waals surface area (Å²) in [6.45, 7) is 0. The van der Waals surface area contributed by atoms with Crippen LogP contribution in [0.25, 0.3) is 11.1 Å². The van der Waals surface area contributed by atoms with E-state index in [-0.39, 0.29) is 5.92 Å². The van der Waals surface area contributed by atoms with E-state index in [2.05, 4.69) is 11.1 Å². The van der Waals surface area contributed by atoms with Crippen LogP contribution in [0, 0.1) is 11.3 Å². The Hall–Kier alpha value is -2.42. The number of alkyl halides is 3. The Kier molecular flexibility index (Phi) is 5.09. The molecule has 0 bridgehead atoms. The van der Waals surface area contributed by atoms with Crippen molar-refractivity contribution in [2.45, 2.75) is 69.9 Å². The predicted octanol–water partition coefficient (Wildman–Crippen LogP) is 5.96. The molecule has 0 unspecified atom stereocenters. The van der Waals surface area contributed by atoms with Crippen molar-refractivity contribution in [2.24, 2.45) is 0 Å². The number of halogens is 3. The second-order valence-electron chi connectivity index (χ2n) is 7.75. The number of hydrogen-bond donors (Lipinski definition) is 0. The summed E-state index contributed by atoms with van der Waals surface area (Å²) in [4.78, 5) is 8.42. The Morgan fingerprint density at radius 3 is 2.50 bits per heavy atom. The molecule has 0 radical (unpaired) electrons. The molecule has 4 rings (SSSR count). The molecular formula is C22H22F3N3. The van der Waals surface area contributed by atoms with E-state index in [1.807, 2.05) is 0 Å². The first-order valence-electron chi connectivity index (χ1n) is 9.98. The van der Waals surface area contributed by atoms with Crippen molar-refractivity contribution in [1.29, 1.82) is 5.26 Å². The minimum atomic E-state index is -4.51. The average Bonchev–Trinajstić information content (AvgIpc) is 3.11. The average molecular weight is 385 g/mol. The highest BCUT2D eigenvalue weighted by molar-refractivity contribution is 5.76. The third-order valence-electron chi connectivity index (χ3n) is 5.94. The minimum Gasteiger partial charge on any atom is -0.256 e. The van der Waals surface area contributed by atoms with Crippen LogP contribution in [0.15, 0.2) is 18.3 Å². The van der Waals surface area contributed by atoms with Gasteiger partial charge in [0.25, 0.3) is 0 Å². The van der Waals surface area contributed by atoms with Crippen molar-refractivity contribution < 1.29 is 13.2 Å². The predicted molar refractivity (Wildman–Crippen MR) is 99.7 cm³/mol. The van der Waals surface area contributed by atoms with Gasteiger partial charge in [-0.05, 0) is 61.8 Å². The highest BCUT2D eigenvalue weighted by atomic mass is 19.4. The molecule has 3 nitrogen and oxygen atoms in total. The third-order valence-corrected chi connectivity index (χ3v) is 5.94. The Labute approximate surface area is 162 Å². The van der Waals surface area contributed by atoms with Crippen LogP contribution < -0.4 is 0 Å². The second-order valence-corrected chi connectivity index (χ2v) is 7.75. The summed E-state index contributed by atoms with van der Waals surface area (Å²) < 4.78 is 39.8. The second kappa shape index (κ2) is 7.54. The highest BCUT2D eigenvalue weighted by Gasteiger charge is 2.34. The van der Waals surface area contributed by atoms with Gasteiger partial charge in [-0.15, -0.1) is 0 Å². The van der Waals surface area contributed by atoms with Crippen molar-refractivity contribution in [3.8, 4) is 17.2 Å². The van der Waals surface area contributed by atoms with Gasteiger partial charge in [0.2, 0.25) is 0 Å². The van der Waals surface area contributed by atoms with Gasteiger partial charge in [0.15, 0.2) is 0 Å². The molecule has 1 fully saturated rings. The van der Waals surface area contributed by atoms with Crippen molar-refractivity contribution in [1.82, 2.24) is 9.97 Å². The van der Waals surface area contributed by atoms with Crippen LogP contribution in [0.3, 0.4) is 0 Å². The number of nitrogens with zero attached hydrogens (tertiary/aromatic N) is 3. The SMILES string of the molecule is N#Cc1c(C2CCCC2)nc2c(c1-c1ccnc(C(F)(F)F)c1)CCCCC2. The number of fused-ring (bicyclic) bond motifs is 1. The zero-order valence-electron chi connectivity index (χ0n) is 15.6. The molecule has 2 aromatic rings. The summed E-state index contributed by atoms with van der Waals surface area (Å²) in [5.41, 5.74) is 3.35. The van der Waals surface area contributed by atoms with Crippen LogP contribution in [0.1, 0.15) is 79.1 Å². The van der Waals surface area contributed by atoms with Crippen LogP contribution in [-0.4, -0.2) is 9.97 Å². The Morgan fingerprint density at radius 2 is 1.79 bits per heavy atom. The molecule has 0 spiro atoms. The number of rotatable bonds is 2. The first-order valence-corrected chi connectivity index (χ1v) is 9.98. The number of nitriles is 1. The smallest absolute Gasteiger partial charge is 0.256 e. The van der Waals surface area contributed by atoms with Crippen molar-refractivity contribution >= 4 is 0 Å². The first kappa shape index (κ1) is 18.9. The number of hydrogen-bond acceptors (Lipinski definition) is 3. The molecule has 2 aliphatic rings. The fourth-order valence-corrected chi connectivity index (χ4v) is 4.61. The Balaban J connectivity index is 1.97. The van der Waals surface area contributed by atoms with Gasteiger partial charge >= 0.3 is 6.18 Å². The van der Waals surface area contributed by atoms with Crippen LogP contribution in [0.2, 0.25) is 0 Å². The standard InChI is InChI=1S/C22H22F3N3/c23-22(24,25)19-12-15(10-11-27-19)20-16-8-2-1-3-9-18(16)28-21(17(20)13-26)14-6-4-5-7-14/h10-12,14H,1-9H2. The molecule has 146 valence electrons. The van der Waals surface area contributed by atoms with Gasteiger partial charge in [-0.1, -0.05) is 19.3 Å². The van der Waals surface area contributed by atoms with Crippen molar-refractivity contribution in [3.05, 3.63) is 46.5 Å². The highest BCUT2D eigenvalue weighted by Crippen LogP contribution is 2.42. The van der Waals surface area contributed by atoms with Gasteiger partial charge < -0.3 is 0 Å². The first-order chi connectivity index (χ1) is 13.5. The summed E-state index contributed by atoms with van der Waals surface area (Å²) in [7, 11) is 0. The molecule has 0 amide bonds. The van der Waals surface area contributed by atoms with Gasteiger partial charge in [0, 0.05) is 23.4 Å². The van der Waals surface area contributed by atoms with Crippen molar-refractivity contribution in [2.75, 3.05) is 0 Å². The summed E-state index contributed by atoms with van der Waals surface area (Å²) in [6, 6.07) is 4.98. The Morgan fingerprint density at radius 1 is 1.04 bits per heavy atom. The molecule has 1 saturated carbocycles. The van der Waals surface area contributed by atoms with Crippen molar-refractivity contribution in [3.63, 3.8) is 0 Å². The van der Waals surface area contributed by atoms with E-state index in [0.717, 1.165) is 80.8 Å². The fraction of sp³-hybridized carbons (Fsp3) is 0.500. The molecule has 0 atom stereocenters. The molecule has 28 heavy (non-hydrogen) atoms. The lowest BCUT2D eigenvalue weighted by Crippen LogP contribution is -2.11. The molecule has 0 N–H and O–H groups in total. The molecular weight excluding hydrogens is 363 g/mol. The van der Waals surface area contributed by atoms with E-state index in [0.29, 0.717) is 16.7 Å². The van der Waals surface area contributed by atoms with Crippen LogP contribution in [0.5, 0.6) is 0 Å². The van der Waals surface area contributed by atoms with E-state index >= 15 is 0 Å². The lowest BCUT2D eigenvalue weighted by molar-refractivity contribution is -0.141. The maximum Gasteiger partial charge on any atom is 0.433 e. The van der Waals surface area contributed by atoms with Gasteiger partial charge in [-0.2, -0.15) is 18.4 Å². The summed E-state index contributed by atoms with van der Waals surface area (Å²) >= 11 is 0. The molecule has 6 heteroatoms. The summed E-state index contributed by atoms with van der Waals surface area (Å²) in [5.74, 6) is 0.228. The molecule has 0 saturated heterocycles. The minimum absolute atomic E-state index is 0.228. The maximum absolute atomic E-state index is 13.3. The monoisotopic (exact) mass is 385 g/mol. The molecule has 0 aromatic carbocycles. The zero-order valence-corrected chi connectivity index (χ0v) is 15.6. The normalized spacial score (nSPS) is 17.8. The van der Waals surface area contributed by atoms with Crippen LogP contribution in [-0.2, 0) is 19.0 Å². The lowest BCUT2D eigenvalue weighted by Gasteiger charge is -2.20. The van der Waals surface area contributed by atoms with E-state index < -0.39 is 11.9 Å². The van der Waals surface area contributed by atoms with E-state index in [1.54, 1.807) is 6.07 Å². The van der Waals surface area contributed by atoms with Gasteiger partial charge in [-0.25, -0.2) is 0 Å². The molecule has 0 aliphatic heterocycles. The topological polar surface area (TPSA) is 49.6 Å². The van der Waals surface area contributed by atoms with Gasteiger partial charge in [0.1, 0.15) is 11.8 Å². The number of pyridine rings is 2. The van der Waals surface area contributed by atoms with Gasteiger partial charge in [-0.3, -0.25) is 9.97 Å². The van der Waals surface area contributed by atoms with Crippen LogP contribution in [0.4, 0.5) is 13.2 Å². The number of aryl methyl sites for hydroxylation is 1. The lowest BCUT2D eigenvalue weighted by atomic mass is 9.87. The molecule has 2 aromatic heterocycles. The summed E-state index contributed by atoms with van der Waals surface area (Å²) in [5, 5.41) is 9.99. The largest absolute Gasteiger partial charge is 0.433 e. The van der Waals surface area contributed by atoms with E-state index in [4.69, 9.17) is 4.98 Å². The van der Waals surface area contributed by atoms with E-state index in [9.17, 15) is 18.4 Å². The summed E-state index contributed by atoms with van der Waals surface area (Å²) in [6.07, 6.45) is 5.51. The Bertz CT molecular complexity index is 922. The van der Waals surface area contributed by atoms with Crippen LogP contribution >= 0.6 is 0 Å². The maximum atomic E-state index is 13.3. The van der Waals surface area contributed by atoms with E-state index in [1.165, 1.54) is 6.20 Å². The molecule has 2 heterocycles. The quantitative estimate of drug-likeness (QED) is 0.599. The zero-order chi connectivity index (χ0) is 19.7.